The minimum absolute atomic E-state index is 0.332. The van der Waals surface area contributed by atoms with Crippen LogP contribution in [0.15, 0.2) is 23.8 Å². The molecule has 76 valence electrons. The molecule has 0 aromatic rings. The Morgan fingerprint density at radius 2 is 1.85 bits per heavy atom. The fraction of sp³-hybridized carbons (Fsp3) is 0.692. The molecule has 0 heteroatoms. The van der Waals surface area contributed by atoms with Gasteiger partial charge in [0.15, 0.2) is 0 Å². The summed E-state index contributed by atoms with van der Waals surface area (Å²) in [5, 5.41) is 0. The first-order valence-electron chi connectivity index (χ1n) is 5.33. The molecule has 0 atom stereocenters. The van der Waals surface area contributed by atoms with E-state index >= 15 is 0 Å². The van der Waals surface area contributed by atoms with E-state index in [9.17, 15) is 0 Å². The molecule has 0 aliphatic rings. The third kappa shape index (κ3) is 4.92. The Balaban J connectivity index is 4.03. The molecular weight excluding hydrogens is 156 g/mol. The monoisotopic (exact) mass is 180 g/mol. The predicted octanol–water partition coefficient (Wildman–Crippen LogP) is 4.73. The Morgan fingerprint density at radius 1 is 1.23 bits per heavy atom. The maximum atomic E-state index is 2.32. The van der Waals surface area contributed by atoms with Crippen molar-refractivity contribution in [3.63, 3.8) is 0 Å². The van der Waals surface area contributed by atoms with E-state index in [1.165, 1.54) is 18.4 Å². The van der Waals surface area contributed by atoms with E-state index < -0.39 is 0 Å². The molecule has 0 unspecified atom stereocenters. The summed E-state index contributed by atoms with van der Waals surface area (Å²) in [7, 11) is 0. The molecular formula is C13H24. The van der Waals surface area contributed by atoms with E-state index in [4.69, 9.17) is 0 Å². The highest BCUT2D eigenvalue weighted by Crippen LogP contribution is 2.30. The molecule has 0 aromatic heterocycles. The highest BCUT2D eigenvalue weighted by atomic mass is 14.2. The van der Waals surface area contributed by atoms with Gasteiger partial charge in [-0.25, -0.2) is 0 Å². The Bertz CT molecular complexity index is 182. The lowest BCUT2D eigenvalue weighted by atomic mass is 9.81. The van der Waals surface area contributed by atoms with Crippen molar-refractivity contribution in [1.29, 1.82) is 0 Å². The molecule has 0 bridgehead atoms. The van der Waals surface area contributed by atoms with Crippen molar-refractivity contribution in [1.82, 2.24) is 0 Å². The molecule has 0 aliphatic carbocycles. The zero-order valence-electron chi connectivity index (χ0n) is 9.85. The van der Waals surface area contributed by atoms with Crippen LogP contribution < -0.4 is 0 Å². The standard InChI is InChI=1S/C13H24/c1-6-8-9-10-11-13(4,5)12(3)7-2/h7,9-10H,6,8,11H2,1-5H3. The van der Waals surface area contributed by atoms with Gasteiger partial charge in [0.1, 0.15) is 0 Å². The predicted molar refractivity (Wildman–Crippen MR) is 61.9 cm³/mol. The van der Waals surface area contributed by atoms with E-state index in [0.29, 0.717) is 5.41 Å². The lowest BCUT2D eigenvalue weighted by Gasteiger charge is -2.24. The molecule has 0 spiro atoms. The van der Waals surface area contributed by atoms with Crippen molar-refractivity contribution < 1.29 is 0 Å². The summed E-state index contributed by atoms with van der Waals surface area (Å²) in [6.07, 6.45) is 10.4. The van der Waals surface area contributed by atoms with Gasteiger partial charge >= 0.3 is 0 Å². The van der Waals surface area contributed by atoms with Gasteiger partial charge in [0.05, 0.1) is 0 Å². The number of allylic oxidation sites excluding steroid dienone is 4. The van der Waals surface area contributed by atoms with Crippen molar-refractivity contribution in [3.05, 3.63) is 23.8 Å². The average molecular weight is 180 g/mol. The molecule has 0 aliphatic heterocycles. The molecule has 0 saturated carbocycles. The number of hydrogen-bond acceptors (Lipinski definition) is 0. The van der Waals surface area contributed by atoms with Crippen LogP contribution in [0.4, 0.5) is 0 Å². The molecule has 0 radical (unpaired) electrons. The molecule has 0 amide bonds. The van der Waals surface area contributed by atoms with E-state index in [1.807, 2.05) is 0 Å². The molecule has 13 heavy (non-hydrogen) atoms. The quantitative estimate of drug-likeness (QED) is 0.537. The van der Waals surface area contributed by atoms with Crippen LogP contribution in [0.5, 0.6) is 0 Å². The number of hydrogen-bond donors (Lipinski definition) is 0. The van der Waals surface area contributed by atoms with Crippen molar-refractivity contribution >= 4 is 0 Å². The summed E-state index contributed by atoms with van der Waals surface area (Å²) < 4.78 is 0. The largest absolute Gasteiger partial charge is 0.0885 e. The summed E-state index contributed by atoms with van der Waals surface area (Å²) >= 11 is 0. The van der Waals surface area contributed by atoms with Crippen molar-refractivity contribution in [2.24, 2.45) is 5.41 Å². The van der Waals surface area contributed by atoms with Gasteiger partial charge in [-0.2, -0.15) is 0 Å². The molecule has 0 rings (SSSR count). The topological polar surface area (TPSA) is 0 Å². The number of unbranched alkanes of at least 4 members (excludes halogenated alkanes) is 1. The fourth-order valence-corrected chi connectivity index (χ4v) is 1.21. The normalized spacial score (nSPS) is 14.1. The Hall–Kier alpha value is -0.520. The SMILES string of the molecule is CC=C(C)C(C)(C)CC=CCCC. The van der Waals surface area contributed by atoms with Gasteiger partial charge in [0.2, 0.25) is 0 Å². The summed E-state index contributed by atoms with van der Waals surface area (Å²) in [5.74, 6) is 0. The average Bonchev–Trinajstić information content (AvgIpc) is 2.11. The van der Waals surface area contributed by atoms with E-state index in [2.05, 4.69) is 52.8 Å². The third-order valence-corrected chi connectivity index (χ3v) is 2.75. The third-order valence-electron chi connectivity index (χ3n) is 2.75. The molecule has 0 saturated heterocycles. The lowest BCUT2D eigenvalue weighted by molar-refractivity contribution is 0.452. The Kier molecular flexibility index (Phi) is 5.77. The summed E-state index contributed by atoms with van der Waals surface area (Å²) in [6, 6.07) is 0. The van der Waals surface area contributed by atoms with Gasteiger partial charge in [0.25, 0.3) is 0 Å². The minimum atomic E-state index is 0.332. The van der Waals surface area contributed by atoms with Crippen LogP contribution in [0.1, 0.15) is 53.9 Å². The lowest BCUT2D eigenvalue weighted by Crippen LogP contribution is -2.11. The van der Waals surface area contributed by atoms with Gasteiger partial charge in [-0.1, -0.05) is 51.0 Å². The van der Waals surface area contributed by atoms with Crippen LogP contribution in [0, 0.1) is 5.41 Å². The van der Waals surface area contributed by atoms with Crippen molar-refractivity contribution in [3.8, 4) is 0 Å². The van der Waals surface area contributed by atoms with Crippen molar-refractivity contribution in [2.75, 3.05) is 0 Å². The second-order valence-electron chi connectivity index (χ2n) is 4.32. The Morgan fingerprint density at radius 3 is 2.31 bits per heavy atom. The number of rotatable bonds is 5. The molecule has 0 aromatic carbocycles. The van der Waals surface area contributed by atoms with Gasteiger partial charge in [-0.05, 0) is 32.1 Å². The molecule has 0 N–H and O–H groups in total. The minimum Gasteiger partial charge on any atom is -0.0885 e. The molecule has 0 nitrogen and oxygen atoms in total. The van der Waals surface area contributed by atoms with E-state index in [0.717, 1.165) is 6.42 Å². The van der Waals surface area contributed by atoms with Gasteiger partial charge in [-0.15, -0.1) is 0 Å². The summed E-state index contributed by atoms with van der Waals surface area (Å²) in [6.45, 7) is 11.2. The summed E-state index contributed by atoms with van der Waals surface area (Å²) in [5.41, 5.74) is 1.81. The van der Waals surface area contributed by atoms with Crippen LogP contribution in [-0.4, -0.2) is 0 Å². The van der Waals surface area contributed by atoms with Crippen LogP contribution in [-0.2, 0) is 0 Å². The highest BCUT2D eigenvalue weighted by Gasteiger charge is 2.16. The zero-order valence-corrected chi connectivity index (χ0v) is 9.85. The second kappa shape index (κ2) is 6.01. The highest BCUT2D eigenvalue weighted by molar-refractivity contribution is 5.10. The van der Waals surface area contributed by atoms with Crippen LogP contribution in [0.2, 0.25) is 0 Å². The van der Waals surface area contributed by atoms with E-state index in [1.54, 1.807) is 0 Å². The first kappa shape index (κ1) is 12.5. The second-order valence-corrected chi connectivity index (χ2v) is 4.32. The summed E-state index contributed by atoms with van der Waals surface area (Å²) in [4.78, 5) is 0. The fourth-order valence-electron chi connectivity index (χ4n) is 1.21. The first-order valence-corrected chi connectivity index (χ1v) is 5.33. The van der Waals surface area contributed by atoms with E-state index in [-0.39, 0.29) is 0 Å². The Labute approximate surface area is 83.7 Å². The van der Waals surface area contributed by atoms with Gasteiger partial charge < -0.3 is 0 Å². The molecule has 0 fully saturated rings. The first-order chi connectivity index (χ1) is 6.04. The maximum absolute atomic E-state index is 2.32. The van der Waals surface area contributed by atoms with Crippen LogP contribution in [0.3, 0.4) is 0 Å². The van der Waals surface area contributed by atoms with Crippen molar-refractivity contribution in [2.45, 2.75) is 53.9 Å². The van der Waals surface area contributed by atoms with Crippen LogP contribution in [0.25, 0.3) is 0 Å². The zero-order chi connectivity index (χ0) is 10.3. The smallest absolute Gasteiger partial charge is 0.0113 e. The van der Waals surface area contributed by atoms with Crippen LogP contribution >= 0.6 is 0 Å². The van der Waals surface area contributed by atoms with Gasteiger partial charge in [-0.3, -0.25) is 0 Å². The van der Waals surface area contributed by atoms with Gasteiger partial charge in [0, 0.05) is 0 Å². The molecule has 0 heterocycles. The maximum Gasteiger partial charge on any atom is -0.0113 e.